The van der Waals surface area contributed by atoms with E-state index in [9.17, 15) is 4.79 Å². The second kappa shape index (κ2) is 6.57. The SMILES string of the molecule is CCN(C(=O)c1cc(Cl)nc(Cl)c1)c1ccc2ccccc2c1. The second-order valence-electron chi connectivity index (χ2n) is 5.08. The maximum absolute atomic E-state index is 12.8. The Labute approximate surface area is 144 Å². The lowest BCUT2D eigenvalue weighted by molar-refractivity contribution is 0.0988. The van der Waals surface area contributed by atoms with E-state index in [1.807, 2.05) is 49.4 Å². The molecule has 0 spiro atoms. The molecule has 1 aromatic heterocycles. The number of hydrogen-bond donors (Lipinski definition) is 0. The van der Waals surface area contributed by atoms with Gasteiger partial charge in [0.1, 0.15) is 10.3 Å². The van der Waals surface area contributed by atoms with Gasteiger partial charge < -0.3 is 4.90 Å². The van der Waals surface area contributed by atoms with Crippen LogP contribution in [0.1, 0.15) is 17.3 Å². The van der Waals surface area contributed by atoms with Crippen molar-refractivity contribution < 1.29 is 4.79 Å². The Morgan fingerprint density at radius 2 is 1.65 bits per heavy atom. The predicted molar refractivity (Wildman–Crippen MR) is 95.6 cm³/mol. The summed E-state index contributed by atoms with van der Waals surface area (Å²) in [7, 11) is 0. The van der Waals surface area contributed by atoms with Crippen molar-refractivity contribution in [2.24, 2.45) is 0 Å². The van der Waals surface area contributed by atoms with Crippen molar-refractivity contribution in [2.45, 2.75) is 6.92 Å². The van der Waals surface area contributed by atoms with E-state index in [-0.39, 0.29) is 16.2 Å². The largest absolute Gasteiger partial charge is 0.309 e. The van der Waals surface area contributed by atoms with E-state index < -0.39 is 0 Å². The molecule has 23 heavy (non-hydrogen) atoms. The van der Waals surface area contributed by atoms with E-state index in [2.05, 4.69) is 4.98 Å². The normalized spacial score (nSPS) is 10.7. The van der Waals surface area contributed by atoms with E-state index in [0.717, 1.165) is 16.5 Å². The van der Waals surface area contributed by atoms with Gasteiger partial charge >= 0.3 is 0 Å². The number of rotatable bonds is 3. The van der Waals surface area contributed by atoms with Crippen LogP contribution in [0.2, 0.25) is 10.3 Å². The number of hydrogen-bond acceptors (Lipinski definition) is 2. The molecule has 0 aliphatic carbocycles. The van der Waals surface area contributed by atoms with Crippen LogP contribution in [0.15, 0.2) is 54.6 Å². The Hall–Kier alpha value is -2.10. The Kier molecular flexibility index (Phi) is 4.51. The number of benzene rings is 2. The Balaban J connectivity index is 2.01. The summed E-state index contributed by atoms with van der Waals surface area (Å²) < 4.78 is 0. The van der Waals surface area contributed by atoms with Gasteiger partial charge in [0.25, 0.3) is 5.91 Å². The van der Waals surface area contributed by atoms with Gasteiger partial charge in [-0.25, -0.2) is 4.98 Å². The minimum atomic E-state index is -0.158. The molecule has 3 rings (SSSR count). The van der Waals surface area contributed by atoms with Crippen molar-refractivity contribution in [1.29, 1.82) is 0 Å². The van der Waals surface area contributed by atoms with Crippen LogP contribution in [0, 0.1) is 0 Å². The Morgan fingerprint density at radius 1 is 1.00 bits per heavy atom. The molecule has 1 amide bonds. The van der Waals surface area contributed by atoms with E-state index in [0.29, 0.717) is 12.1 Å². The van der Waals surface area contributed by atoms with Crippen molar-refractivity contribution in [2.75, 3.05) is 11.4 Å². The third-order valence-electron chi connectivity index (χ3n) is 3.62. The molecule has 0 atom stereocenters. The molecular weight excluding hydrogens is 331 g/mol. The van der Waals surface area contributed by atoms with Crippen molar-refractivity contribution in [1.82, 2.24) is 4.98 Å². The monoisotopic (exact) mass is 344 g/mol. The smallest absolute Gasteiger partial charge is 0.258 e. The quantitative estimate of drug-likeness (QED) is 0.611. The van der Waals surface area contributed by atoms with Gasteiger partial charge in [-0.2, -0.15) is 0 Å². The first-order valence-electron chi connectivity index (χ1n) is 7.22. The molecule has 0 saturated carbocycles. The lowest BCUT2D eigenvalue weighted by Gasteiger charge is -2.21. The number of amides is 1. The maximum atomic E-state index is 12.8. The Morgan fingerprint density at radius 3 is 2.30 bits per heavy atom. The topological polar surface area (TPSA) is 33.2 Å². The molecule has 0 radical (unpaired) electrons. The molecule has 0 fully saturated rings. The van der Waals surface area contributed by atoms with Crippen molar-refractivity contribution in [3.05, 3.63) is 70.5 Å². The lowest BCUT2D eigenvalue weighted by atomic mass is 10.1. The standard InChI is InChI=1S/C18H14Cl2N2O/c1-2-22(18(23)14-10-16(19)21-17(20)11-14)15-8-7-12-5-3-4-6-13(12)9-15/h3-11H,2H2,1H3. The summed E-state index contributed by atoms with van der Waals surface area (Å²) in [6.45, 7) is 2.46. The zero-order valence-electron chi connectivity index (χ0n) is 12.5. The summed E-state index contributed by atoms with van der Waals surface area (Å²) in [6, 6.07) is 17.0. The average Bonchev–Trinajstić information content (AvgIpc) is 2.54. The summed E-state index contributed by atoms with van der Waals surface area (Å²) in [5, 5.41) is 2.63. The average molecular weight is 345 g/mol. The number of aromatic nitrogens is 1. The predicted octanol–water partition coefficient (Wildman–Crippen LogP) is 5.21. The fourth-order valence-electron chi connectivity index (χ4n) is 2.53. The first-order valence-corrected chi connectivity index (χ1v) is 7.98. The number of nitrogens with zero attached hydrogens (tertiary/aromatic N) is 2. The molecule has 0 N–H and O–H groups in total. The summed E-state index contributed by atoms with van der Waals surface area (Å²) in [5.41, 5.74) is 1.25. The van der Waals surface area contributed by atoms with Crippen molar-refractivity contribution in [3.8, 4) is 0 Å². The molecule has 116 valence electrons. The first-order chi connectivity index (χ1) is 11.1. The molecule has 0 aliphatic heterocycles. The third kappa shape index (κ3) is 3.31. The van der Waals surface area contributed by atoms with Gasteiger partial charge in [0.05, 0.1) is 0 Å². The van der Waals surface area contributed by atoms with Gasteiger partial charge in [0.15, 0.2) is 0 Å². The molecule has 1 heterocycles. The summed E-state index contributed by atoms with van der Waals surface area (Å²) in [4.78, 5) is 18.4. The number of carbonyl (C=O) groups is 1. The zero-order valence-corrected chi connectivity index (χ0v) is 14.0. The maximum Gasteiger partial charge on any atom is 0.258 e. The second-order valence-corrected chi connectivity index (χ2v) is 5.86. The van der Waals surface area contributed by atoms with E-state index >= 15 is 0 Å². The van der Waals surface area contributed by atoms with E-state index in [1.54, 1.807) is 4.90 Å². The van der Waals surface area contributed by atoms with Crippen molar-refractivity contribution >= 4 is 45.6 Å². The fourth-order valence-corrected chi connectivity index (χ4v) is 2.99. The number of pyridine rings is 1. The van der Waals surface area contributed by atoms with Gasteiger partial charge in [-0.15, -0.1) is 0 Å². The van der Waals surface area contributed by atoms with Crippen LogP contribution >= 0.6 is 23.2 Å². The van der Waals surface area contributed by atoms with E-state index in [4.69, 9.17) is 23.2 Å². The van der Waals surface area contributed by atoms with Gasteiger partial charge in [-0.3, -0.25) is 4.79 Å². The molecule has 0 bridgehead atoms. The molecule has 0 aliphatic rings. The van der Waals surface area contributed by atoms with Crippen LogP contribution in [0.25, 0.3) is 10.8 Å². The summed E-state index contributed by atoms with van der Waals surface area (Å²) >= 11 is 11.8. The first kappa shape index (κ1) is 15.8. The van der Waals surface area contributed by atoms with Gasteiger partial charge in [-0.05, 0) is 42.0 Å². The van der Waals surface area contributed by atoms with Crippen LogP contribution in [0.4, 0.5) is 5.69 Å². The van der Waals surface area contributed by atoms with Crippen molar-refractivity contribution in [3.63, 3.8) is 0 Å². The Bertz CT molecular complexity index is 860. The number of halogens is 2. The van der Waals surface area contributed by atoms with Crippen LogP contribution in [0.5, 0.6) is 0 Å². The highest BCUT2D eigenvalue weighted by molar-refractivity contribution is 6.33. The van der Waals surface area contributed by atoms with Crippen LogP contribution < -0.4 is 4.90 Å². The highest BCUT2D eigenvalue weighted by Crippen LogP contribution is 2.24. The molecular formula is C18H14Cl2N2O. The highest BCUT2D eigenvalue weighted by atomic mass is 35.5. The molecule has 3 nitrogen and oxygen atoms in total. The number of carbonyl (C=O) groups excluding carboxylic acids is 1. The zero-order chi connectivity index (χ0) is 16.4. The minimum absolute atomic E-state index is 0.158. The fraction of sp³-hybridized carbons (Fsp3) is 0.111. The molecule has 5 heteroatoms. The molecule has 3 aromatic rings. The third-order valence-corrected chi connectivity index (χ3v) is 4.00. The van der Waals surface area contributed by atoms with E-state index in [1.165, 1.54) is 12.1 Å². The van der Waals surface area contributed by atoms with Crippen LogP contribution in [0.3, 0.4) is 0 Å². The molecule has 2 aromatic carbocycles. The molecule has 0 saturated heterocycles. The molecule has 0 unspecified atom stereocenters. The van der Waals surface area contributed by atoms with Crippen LogP contribution in [-0.4, -0.2) is 17.4 Å². The van der Waals surface area contributed by atoms with Gasteiger partial charge in [0.2, 0.25) is 0 Å². The number of fused-ring (bicyclic) bond motifs is 1. The minimum Gasteiger partial charge on any atom is -0.309 e. The number of anilines is 1. The van der Waals surface area contributed by atoms with Crippen LogP contribution in [-0.2, 0) is 0 Å². The highest BCUT2D eigenvalue weighted by Gasteiger charge is 2.17. The van der Waals surface area contributed by atoms with Gasteiger partial charge in [-0.1, -0.05) is 53.5 Å². The summed E-state index contributed by atoms with van der Waals surface area (Å²) in [5.74, 6) is -0.158. The summed E-state index contributed by atoms with van der Waals surface area (Å²) in [6.07, 6.45) is 0. The van der Waals surface area contributed by atoms with Gasteiger partial charge in [0, 0.05) is 17.8 Å². The lowest BCUT2D eigenvalue weighted by Crippen LogP contribution is -2.30.